The fourth-order valence-electron chi connectivity index (χ4n) is 4.17. The lowest BCUT2D eigenvalue weighted by Gasteiger charge is -2.38. The molecule has 3 aliphatic heterocycles. The van der Waals surface area contributed by atoms with Gasteiger partial charge in [0.2, 0.25) is 11.8 Å². The number of morpholine rings is 1. The fourth-order valence-corrected chi connectivity index (χ4v) is 4.17. The molecule has 0 aliphatic carbocycles. The van der Waals surface area contributed by atoms with Crippen molar-refractivity contribution in [3.05, 3.63) is 0 Å². The molecule has 2 amide bonds. The van der Waals surface area contributed by atoms with Crippen LogP contribution in [0.2, 0.25) is 0 Å². The second-order valence-electron chi connectivity index (χ2n) is 7.41. The van der Waals surface area contributed by atoms with Crippen LogP contribution in [0.25, 0.3) is 0 Å². The van der Waals surface area contributed by atoms with Crippen molar-refractivity contribution >= 4 is 11.8 Å². The predicted molar refractivity (Wildman–Crippen MR) is 90.6 cm³/mol. The molecule has 3 saturated heterocycles. The Morgan fingerprint density at radius 3 is 2.71 bits per heavy atom. The minimum absolute atomic E-state index is 0.0520. The van der Waals surface area contributed by atoms with Gasteiger partial charge in [-0.3, -0.25) is 19.4 Å². The Hall–Kier alpha value is -1.18. The molecule has 0 bridgehead atoms. The van der Waals surface area contributed by atoms with Crippen LogP contribution in [0.15, 0.2) is 0 Å². The molecule has 3 aliphatic rings. The molecule has 1 N–H and O–H groups in total. The first-order valence-electron chi connectivity index (χ1n) is 9.17. The SMILES string of the molecule is C[C@@H]1CN(C[C@H]2CCCN2CC(=O)N2CCNC(=O)C2)C[C@@H](C)O1. The molecule has 24 heavy (non-hydrogen) atoms. The lowest BCUT2D eigenvalue weighted by atomic mass is 10.1. The first-order valence-corrected chi connectivity index (χ1v) is 9.17. The van der Waals surface area contributed by atoms with E-state index in [-0.39, 0.29) is 30.6 Å². The van der Waals surface area contributed by atoms with Crippen LogP contribution in [0.5, 0.6) is 0 Å². The Morgan fingerprint density at radius 2 is 2.00 bits per heavy atom. The van der Waals surface area contributed by atoms with Gasteiger partial charge in [0.15, 0.2) is 0 Å². The van der Waals surface area contributed by atoms with Gasteiger partial charge in [-0.2, -0.15) is 0 Å². The number of rotatable bonds is 4. The van der Waals surface area contributed by atoms with Crippen LogP contribution in [0.3, 0.4) is 0 Å². The highest BCUT2D eigenvalue weighted by Gasteiger charge is 2.32. The summed E-state index contributed by atoms with van der Waals surface area (Å²) in [6.45, 7) is 10.0. The van der Waals surface area contributed by atoms with Crippen molar-refractivity contribution in [2.24, 2.45) is 0 Å². The van der Waals surface area contributed by atoms with Gasteiger partial charge in [-0.1, -0.05) is 0 Å². The molecule has 0 radical (unpaired) electrons. The first-order chi connectivity index (χ1) is 11.5. The number of nitrogens with zero attached hydrogens (tertiary/aromatic N) is 3. The number of carbonyl (C=O) groups is 2. The Balaban J connectivity index is 1.51. The normalized spacial score (nSPS) is 32.8. The zero-order valence-corrected chi connectivity index (χ0v) is 14.9. The van der Waals surface area contributed by atoms with Gasteiger partial charge in [0, 0.05) is 38.8 Å². The second-order valence-corrected chi connectivity index (χ2v) is 7.41. The van der Waals surface area contributed by atoms with E-state index in [9.17, 15) is 9.59 Å². The molecule has 0 saturated carbocycles. The molecule has 0 aromatic rings. The molecule has 0 aromatic carbocycles. The third-order valence-electron chi connectivity index (χ3n) is 5.19. The maximum atomic E-state index is 12.5. The van der Waals surface area contributed by atoms with Crippen LogP contribution in [-0.2, 0) is 14.3 Å². The number of hydrogen-bond donors (Lipinski definition) is 1. The van der Waals surface area contributed by atoms with Gasteiger partial charge in [-0.15, -0.1) is 0 Å². The summed E-state index contributed by atoms with van der Waals surface area (Å²) in [5.41, 5.74) is 0. The van der Waals surface area contributed by atoms with Crippen LogP contribution in [0.4, 0.5) is 0 Å². The monoisotopic (exact) mass is 338 g/mol. The summed E-state index contributed by atoms with van der Waals surface area (Å²) >= 11 is 0. The molecular weight excluding hydrogens is 308 g/mol. The van der Waals surface area contributed by atoms with Gasteiger partial charge in [-0.05, 0) is 33.2 Å². The van der Waals surface area contributed by atoms with Gasteiger partial charge in [0.1, 0.15) is 0 Å². The minimum atomic E-state index is -0.0520. The van der Waals surface area contributed by atoms with E-state index in [1.54, 1.807) is 4.90 Å². The predicted octanol–water partition coefficient (Wildman–Crippen LogP) is -0.482. The molecule has 3 rings (SSSR count). The third kappa shape index (κ3) is 4.46. The van der Waals surface area contributed by atoms with Crippen LogP contribution in [-0.4, -0.2) is 97.1 Å². The van der Waals surface area contributed by atoms with Gasteiger partial charge in [0.25, 0.3) is 0 Å². The minimum Gasteiger partial charge on any atom is -0.373 e. The lowest BCUT2D eigenvalue weighted by Crippen LogP contribution is -2.54. The van der Waals surface area contributed by atoms with Crippen LogP contribution in [0, 0.1) is 0 Å². The van der Waals surface area contributed by atoms with E-state index in [0.29, 0.717) is 25.7 Å². The standard InChI is InChI=1S/C17H30N4O3/c1-13-8-19(9-14(2)24-13)10-15-4-3-6-20(15)12-17(23)21-7-5-18-16(22)11-21/h13-15H,3-12H2,1-2H3,(H,18,22)/t13-,14-,15-/m1/s1. The second kappa shape index (κ2) is 7.80. The third-order valence-corrected chi connectivity index (χ3v) is 5.19. The van der Waals surface area contributed by atoms with E-state index in [4.69, 9.17) is 4.74 Å². The highest BCUT2D eigenvalue weighted by Crippen LogP contribution is 2.20. The molecule has 0 aromatic heterocycles. The number of amides is 2. The van der Waals surface area contributed by atoms with Crippen molar-refractivity contribution in [2.75, 3.05) is 52.4 Å². The first kappa shape index (κ1) is 17.6. The zero-order chi connectivity index (χ0) is 17.1. The Kier molecular flexibility index (Phi) is 5.73. The van der Waals surface area contributed by atoms with E-state index in [1.807, 2.05) is 0 Å². The Morgan fingerprint density at radius 1 is 1.25 bits per heavy atom. The number of carbonyl (C=O) groups excluding carboxylic acids is 2. The van der Waals surface area contributed by atoms with Crippen LogP contribution in [0.1, 0.15) is 26.7 Å². The maximum absolute atomic E-state index is 12.5. The number of nitrogens with one attached hydrogen (secondary N) is 1. The van der Waals surface area contributed by atoms with Crippen molar-refractivity contribution in [1.82, 2.24) is 20.0 Å². The number of likely N-dealkylation sites (tertiary alicyclic amines) is 1. The zero-order valence-electron chi connectivity index (χ0n) is 14.9. The molecule has 3 atom stereocenters. The van der Waals surface area contributed by atoms with E-state index in [2.05, 4.69) is 29.0 Å². The summed E-state index contributed by atoms with van der Waals surface area (Å²) in [6.07, 6.45) is 2.84. The smallest absolute Gasteiger partial charge is 0.239 e. The van der Waals surface area contributed by atoms with Crippen molar-refractivity contribution < 1.29 is 14.3 Å². The van der Waals surface area contributed by atoms with E-state index in [1.165, 1.54) is 0 Å². The lowest BCUT2D eigenvalue weighted by molar-refractivity contribution is -0.139. The summed E-state index contributed by atoms with van der Waals surface area (Å²) in [4.78, 5) is 30.4. The summed E-state index contributed by atoms with van der Waals surface area (Å²) in [5.74, 6) is 0.0318. The maximum Gasteiger partial charge on any atom is 0.239 e. The number of hydrogen-bond acceptors (Lipinski definition) is 5. The van der Waals surface area contributed by atoms with Crippen LogP contribution >= 0.6 is 0 Å². The largest absolute Gasteiger partial charge is 0.373 e. The van der Waals surface area contributed by atoms with E-state index in [0.717, 1.165) is 39.0 Å². The molecule has 0 unspecified atom stereocenters. The highest BCUT2D eigenvalue weighted by atomic mass is 16.5. The molecule has 0 spiro atoms. The average Bonchev–Trinajstić information content (AvgIpc) is 2.93. The molecule has 3 fully saturated rings. The average molecular weight is 338 g/mol. The van der Waals surface area contributed by atoms with E-state index >= 15 is 0 Å². The number of piperazine rings is 1. The molecule has 3 heterocycles. The summed E-state index contributed by atoms with van der Waals surface area (Å²) in [7, 11) is 0. The number of ether oxygens (including phenoxy) is 1. The quantitative estimate of drug-likeness (QED) is 0.750. The van der Waals surface area contributed by atoms with Gasteiger partial charge in [-0.25, -0.2) is 0 Å². The summed E-state index contributed by atoms with van der Waals surface area (Å²) in [5, 5.41) is 2.77. The molecule has 7 heteroatoms. The molecule has 7 nitrogen and oxygen atoms in total. The summed E-state index contributed by atoms with van der Waals surface area (Å²) < 4.78 is 5.81. The Labute approximate surface area is 144 Å². The van der Waals surface area contributed by atoms with Gasteiger partial charge in [0.05, 0.1) is 25.3 Å². The van der Waals surface area contributed by atoms with Crippen molar-refractivity contribution in [2.45, 2.75) is 44.9 Å². The molecule has 136 valence electrons. The Bertz CT molecular complexity index is 463. The topological polar surface area (TPSA) is 65.1 Å². The van der Waals surface area contributed by atoms with Gasteiger partial charge < -0.3 is 15.0 Å². The molecular formula is C17H30N4O3. The van der Waals surface area contributed by atoms with Gasteiger partial charge >= 0.3 is 0 Å². The van der Waals surface area contributed by atoms with E-state index < -0.39 is 0 Å². The van der Waals surface area contributed by atoms with Crippen molar-refractivity contribution in [3.63, 3.8) is 0 Å². The fraction of sp³-hybridized carbons (Fsp3) is 0.882. The van der Waals surface area contributed by atoms with Crippen molar-refractivity contribution in [3.8, 4) is 0 Å². The van der Waals surface area contributed by atoms with Crippen molar-refractivity contribution in [1.29, 1.82) is 0 Å². The van der Waals surface area contributed by atoms with Crippen LogP contribution < -0.4 is 5.32 Å². The highest BCUT2D eigenvalue weighted by molar-refractivity contribution is 5.86. The summed E-state index contributed by atoms with van der Waals surface area (Å²) in [6, 6.07) is 0.435.